The molecule has 2 aromatic rings. The minimum atomic E-state index is -1.31. The van der Waals surface area contributed by atoms with Gasteiger partial charge in [0, 0.05) is 5.56 Å². The topological polar surface area (TPSA) is 95.9 Å². The molecule has 0 aromatic heterocycles. The summed E-state index contributed by atoms with van der Waals surface area (Å²) in [7, 11) is 1.45. The van der Waals surface area contributed by atoms with Crippen molar-refractivity contribution in [3.05, 3.63) is 46.5 Å². The molecule has 20 heavy (non-hydrogen) atoms. The number of hydrogen-bond acceptors (Lipinski definition) is 5. The third kappa shape index (κ3) is 2.33. The molecular weight excluding hydrogens is 282 g/mol. The van der Waals surface area contributed by atoms with Gasteiger partial charge in [0.25, 0.3) is 0 Å². The number of phenolic OH excluding ortho intramolecular Hbond substituents is 2. The van der Waals surface area contributed by atoms with E-state index in [1.807, 2.05) is 0 Å². The van der Waals surface area contributed by atoms with Crippen LogP contribution in [-0.4, -0.2) is 22.4 Å². The zero-order valence-corrected chi connectivity index (χ0v) is 11.4. The first kappa shape index (κ1) is 14.3. The summed E-state index contributed by atoms with van der Waals surface area (Å²) in [4.78, 5) is 0. The number of rotatable bonds is 3. The Bertz CT molecular complexity index is 625. The number of nitrogen functional groups attached to an aromatic ring is 1. The van der Waals surface area contributed by atoms with E-state index in [-0.39, 0.29) is 33.3 Å². The van der Waals surface area contributed by atoms with E-state index in [9.17, 15) is 15.3 Å². The van der Waals surface area contributed by atoms with E-state index in [2.05, 4.69) is 0 Å². The number of ether oxygens (including phenoxy) is 1. The summed E-state index contributed by atoms with van der Waals surface area (Å²) >= 11 is 6.10. The van der Waals surface area contributed by atoms with Gasteiger partial charge < -0.3 is 25.8 Å². The molecule has 0 radical (unpaired) electrons. The van der Waals surface area contributed by atoms with Gasteiger partial charge in [-0.1, -0.05) is 23.7 Å². The third-order valence-electron chi connectivity index (χ3n) is 3.02. The average Bonchev–Trinajstić information content (AvgIpc) is 2.41. The quantitative estimate of drug-likeness (QED) is 0.652. The molecule has 0 fully saturated rings. The second-order valence-electron chi connectivity index (χ2n) is 4.20. The Balaban J connectivity index is 2.54. The van der Waals surface area contributed by atoms with Gasteiger partial charge in [-0.25, -0.2) is 0 Å². The first-order valence-corrected chi connectivity index (χ1v) is 6.16. The lowest BCUT2D eigenvalue weighted by Gasteiger charge is -2.17. The summed E-state index contributed by atoms with van der Waals surface area (Å²) < 4.78 is 5.02. The number of hydrogen-bond donors (Lipinski definition) is 4. The number of halogens is 1. The Kier molecular flexibility index (Phi) is 3.92. The summed E-state index contributed by atoms with van der Waals surface area (Å²) in [6.45, 7) is 0. The van der Waals surface area contributed by atoms with Crippen molar-refractivity contribution in [1.29, 1.82) is 0 Å². The maximum atomic E-state index is 10.3. The molecule has 0 bridgehead atoms. The molecular formula is C14H14ClNO4. The summed E-state index contributed by atoms with van der Waals surface area (Å²) in [5.41, 5.74) is 6.21. The first-order chi connectivity index (χ1) is 9.47. The molecule has 106 valence electrons. The van der Waals surface area contributed by atoms with Gasteiger partial charge in [-0.15, -0.1) is 0 Å². The largest absolute Gasteiger partial charge is 0.507 e. The van der Waals surface area contributed by atoms with Gasteiger partial charge >= 0.3 is 0 Å². The number of nitrogens with two attached hydrogens (primary N) is 1. The Morgan fingerprint density at radius 2 is 1.75 bits per heavy atom. The minimum Gasteiger partial charge on any atom is -0.507 e. The van der Waals surface area contributed by atoms with E-state index in [1.165, 1.54) is 31.4 Å². The van der Waals surface area contributed by atoms with E-state index < -0.39 is 6.10 Å². The predicted octanol–water partition coefficient (Wildman–Crippen LogP) is 2.42. The summed E-state index contributed by atoms with van der Waals surface area (Å²) in [5.74, 6) is -0.0848. The van der Waals surface area contributed by atoms with E-state index >= 15 is 0 Å². The number of aromatic hydroxyl groups is 2. The van der Waals surface area contributed by atoms with Gasteiger partial charge in [-0.05, 0) is 18.2 Å². The molecule has 1 unspecified atom stereocenters. The van der Waals surface area contributed by atoms with Crippen LogP contribution >= 0.6 is 11.6 Å². The van der Waals surface area contributed by atoms with Crippen LogP contribution in [0.3, 0.4) is 0 Å². The van der Waals surface area contributed by atoms with E-state index in [1.54, 1.807) is 6.07 Å². The van der Waals surface area contributed by atoms with Crippen molar-refractivity contribution >= 4 is 17.3 Å². The van der Waals surface area contributed by atoms with Crippen LogP contribution in [0.25, 0.3) is 0 Å². The van der Waals surface area contributed by atoms with Gasteiger partial charge in [0.1, 0.15) is 23.4 Å². The minimum absolute atomic E-state index is 0.0287. The van der Waals surface area contributed by atoms with Crippen LogP contribution < -0.4 is 10.5 Å². The molecule has 0 aliphatic carbocycles. The maximum absolute atomic E-state index is 10.3. The number of anilines is 1. The highest BCUT2D eigenvalue weighted by molar-refractivity contribution is 6.34. The zero-order chi connectivity index (χ0) is 14.9. The maximum Gasteiger partial charge on any atom is 0.143 e. The molecule has 0 heterocycles. The van der Waals surface area contributed by atoms with Crippen LogP contribution in [0.1, 0.15) is 17.2 Å². The Morgan fingerprint density at radius 3 is 2.30 bits per heavy atom. The molecule has 1 atom stereocenters. The molecule has 0 amide bonds. The first-order valence-electron chi connectivity index (χ1n) is 5.78. The van der Waals surface area contributed by atoms with E-state index in [0.29, 0.717) is 5.75 Å². The van der Waals surface area contributed by atoms with Crippen LogP contribution in [0.5, 0.6) is 17.2 Å². The molecule has 0 aliphatic rings. The van der Waals surface area contributed by atoms with Gasteiger partial charge in [0.15, 0.2) is 0 Å². The van der Waals surface area contributed by atoms with Crippen molar-refractivity contribution < 1.29 is 20.1 Å². The molecule has 2 aromatic carbocycles. The van der Waals surface area contributed by atoms with Gasteiger partial charge in [-0.2, -0.15) is 0 Å². The Labute approximate surface area is 120 Å². The standard InChI is InChI=1S/C14H14ClNO4/c1-20-10-6-5-7(12(15)13(10)16)14(19)11-8(17)3-2-4-9(11)18/h2-6,14,17-19H,16H2,1H3. The number of benzene rings is 2. The van der Waals surface area contributed by atoms with Gasteiger partial charge in [0.05, 0.1) is 23.4 Å². The fourth-order valence-electron chi connectivity index (χ4n) is 1.96. The molecule has 0 saturated heterocycles. The zero-order valence-electron chi connectivity index (χ0n) is 10.7. The second-order valence-corrected chi connectivity index (χ2v) is 4.58. The van der Waals surface area contributed by atoms with E-state index in [0.717, 1.165) is 0 Å². The summed E-state index contributed by atoms with van der Waals surface area (Å²) in [6.07, 6.45) is -1.31. The van der Waals surface area contributed by atoms with Crippen molar-refractivity contribution in [2.45, 2.75) is 6.10 Å². The molecule has 2 rings (SSSR count). The average molecular weight is 296 g/mol. The van der Waals surface area contributed by atoms with Gasteiger partial charge in [-0.3, -0.25) is 0 Å². The fraction of sp³-hybridized carbons (Fsp3) is 0.143. The summed E-state index contributed by atoms with van der Waals surface area (Å²) in [5, 5.41) is 30.0. The SMILES string of the molecule is COc1ccc(C(O)c2c(O)cccc2O)c(Cl)c1N. The van der Waals surface area contributed by atoms with Gasteiger partial charge in [0.2, 0.25) is 0 Å². The molecule has 0 spiro atoms. The van der Waals surface area contributed by atoms with Crippen molar-refractivity contribution in [1.82, 2.24) is 0 Å². The Hall–Kier alpha value is -2.11. The van der Waals surface area contributed by atoms with Crippen LogP contribution in [-0.2, 0) is 0 Å². The van der Waals surface area contributed by atoms with Crippen LogP contribution in [0.2, 0.25) is 5.02 Å². The lowest BCUT2D eigenvalue weighted by Crippen LogP contribution is -2.04. The van der Waals surface area contributed by atoms with Crippen molar-refractivity contribution in [2.75, 3.05) is 12.8 Å². The molecule has 5 N–H and O–H groups in total. The molecule has 5 nitrogen and oxygen atoms in total. The number of methoxy groups -OCH3 is 1. The molecule has 0 saturated carbocycles. The predicted molar refractivity (Wildman–Crippen MR) is 76.2 cm³/mol. The number of phenols is 2. The third-order valence-corrected chi connectivity index (χ3v) is 3.44. The molecule has 0 aliphatic heterocycles. The van der Waals surface area contributed by atoms with E-state index in [4.69, 9.17) is 22.1 Å². The van der Waals surface area contributed by atoms with Crippen molar-refractivity contribution in [2.24, 2.45) is 0 Å². The fourth-order valence-corrected chi connectivity index (χ4v) is 2.22. The normalized spacial score (nSPS) is 12.2. The Morgan fingerprint density at radius 1 is 1.15 bits per heavy atom. The van der Waals surface area contributed by atoms with Crippen molar-refractivity contribution in [3.8, 4) is 17.2 Å². The van der Waals surface area contributed by atoms with Crippen LogP contribution in [0, 0.1) is 0 Å². The van der Waals surface area contributed by atoms with Crippen molar-refractivity contribution in [3.63, 3.8) is 0 Å². The lowest BCUT2D eigenvalue weighted by atomic mass is 9.99. The number of aliphatic hydroxyl groups is 1. The number of aliphatic hydroxyl groups excluding tert-OH is 1. The highest BCUT2D eigenvalue weighted by Gasteiger charge is 2.23. The monoisotopic (exact) mass is 295 g/mol. The van der Waals surface area contributed by atoms with Crippen LogP contribution in [0.15, 0.2) is 30.3 Å². The second kappa shape index (κ2) is 5.48. The van der Waals surface area contributed by atoms with Crippen LogP contribution in [0.4, 0.5) is 5.69 Å². The highest BCUT2D eigenvalue weighted by Crippen LogP contribution is 2.41. The highest BCUT2D eigenvalue weighted by atomic mass is 35.5. The lowest BCUT2D eigenvalue weighted by molar-refractivity contribution is 0.210. The smallest absolute Gasteiger partial charge is 0.143 e. The molecule has 6 heteroatoms. The summed E-state index contributed by atoms with van der Waals surface area (Å²) in [6, 6.07) is 7.26.